The fourth-order valence-electron chi connectivity index (χ4n) is 1.43. The van der Waals surface area contributed by atoms with E-state index >= 15 is 0 Å². The van der Waals surface area contributed by atoms with Crippen LogP contribution in [0.25, 0.3) is 0 Å². The van der Waals surface area contributed by atoms with Gasteiger partial charge in [0.1, 0.15) is 15.9 Å². The van der Waals surface area contributed by atoms with Crippen molar-refractivity contribution in [3.63, 3.8) is 0 Å². The van der Waals surface area contributed by atoms with E-state index in [0.29, 0.717) is 9.79 Å². The predicted octanol–water partition coefficient (Wildman–Crippen LogP) is 5.19. The normalized spacial score (nSPS) is 10.5. The van der Waals surface area contributed by atoms with Crippen LogP contribution in [0.2, 0.25) is 10.0 Å². The molecule has 0 atom stereocenters. The topological polar surface area (TPSA) is 43.1 Å². The van der Waals surface area contributed by atoms with Crippen LogP contribution in [0.15, 0.2) is 46.2 Å². The zero-order valence-corrected chi connectivity index (χ0v) is 11.6. The Labute approximate surface area is 122 Å². The maximum atomic E-state index is 13.5. The number of hydrogen-bond donors (Lipinski definition) is 0. The predicted molar refractivity (Wildman–Crippen MR) is 73.6 cm³/mol. The average molecular weight is 318 g/mol. The van der Waals surface area contributed by atoms with Gasteiger partial charge in [0.05, 0.1) is 4.92 Å². The molecule has 0 saturated heterocycles. The Hall–Kier alpha value is -1.30. The molecule has 0 aliphatic heterocycles. The first-order valence-electron chi connectivity index (χ1n) is 5.05. The van der Waals surface area contributed by atoms with E-state index in [0.717, 1.165) is 11.8 Å². The fraction of sp³-hybridized carbons (Fsp3) is 0. The van der Waals surface area contributed by atoms with Crippen LogP contribution < -0.4 is 0 Å². The molecule has 0 amide bonds. The zero-order chi connectivity index (χ0) is 14.0. The van der Waals surface area contributed by atoms with E-state index in [4.69, 9.17) is 23.2 Å². The van der Waals surface area contributed by atoms with Crippen LogP contribution in [0.1, 0.15) is 0 Å². The maximum absolute atomic E-state index is 13.5. The van der Waals surface area contributed by atoms with Crippen molar-refractivity contribution in [2.75, 3.05) is 0 Å². The van der Waals surface area contributed by atoms with Gasteiger partial charge in [-0.2, -0.15) is 0 Å². The first-order chi connectivity index (χ1) is 8.99. The van der Waals surface area contributed by atoms with E-state index in [1.807, 2.05) is 0 Å². The van der Waals surface area contributed by atoms with Crippen molar-refractivity contribution in [2.24, 2.45) is 0 Å². The highest BCUT2D eigenvalue weighted by atomic mass is 35.5. The Morgan fingerprint density at radius 2 is 1.74 bits per heavy atom. The molecule has 0 fully saturated rings. The minimum atomic E-state index is -0.651. The molecule has 0 N–H and O–H groups in total. The fourth-order valence-corrected chi connectivity index (χ4v) is 3.10. The van der Waals surface area contributed by atoms with Gasteiger partial charge in [0.2, 0.25) is 0 Å². The Kier molecular flexibility index (Phi) is 4.29. The number of halogens is 3. The first-order valence-corrected chi connectivity index (χ1v) is 6.62. The lowest BCUT2D eigenvalue weighted by atomic mass is 10.3. The Bertz CT molecular complexity index is 628. The number of nitro groups is 1. The summed E-state index contributed by atoms with van der Waals surface area (Å²) in [5.41, 5.74) is -0.346. The van der Waals surface area contributed by atoms with Crippen LogP contribution in [0.4, 0.5) is 10.1 Å². The molecular weight excluding hydrogens is 312 g/mol. The molecule has 0 unspecified atom stereocenters. The quantitative estimate of drug-likeness (QED) is 0.577. The van der Waals surface area contributed by atoms with Crippen LogP contribution in [0, 0.1) is 15.9 Å². The molecule has 0 aliphatic rings. The molecule has 2 rings (SSSR count). The standard InChI is InChI=1S/C12H6Cl2FNO2S/c13-8-5-7(6-9(14)12(8)16(17)18)19-11-4-2-1-3-10(11)15/h1-6H. The molecule has 2 aromatic rings. The SMILES string of the molecule is O=[N+]([O-])c1c(Cl)cc(Sc2ccccc2F)cc1Cl. The summed E-state index contributed by atoms with van der Waals surface area (Å²) >= 11 is 12.7. The average Bonchev–Trinajstić information content (AvgIpc) is 2.30. The minimum Gasteiger partial charge on any atom is -0.258 e. The molecule has 7 heteroatoms. The summed E-state index contributed by atoms with van der Waals surface area (Å²) in [4.78, 5) is 11.0. The second kappa shape index (κ2) is 5.77. The lowest BCUT2D eigenvalue weighted by molar-refractivity contribution is -0.384. The summed E-state index contributed by atoms with van der Waals surface area (Å²) in [7, 11) is 0. The van der Waals surface area contributed by atoms with Gasteiger partial charge in [0, 0.05) is 9.79 Å². The summed E-state index contributed by atoms with van der Waals surface area (Å²) in [6.07, 6.45) is 0. The smallest absolute Gasteiger partial charge is 0.258 e. The highest BCUT2D eigenvalue weighted by Crippen LogP contribution is 2.39. The number of nitrogens with zero attached hydrogens (tertiary/aromatic N) is 1. The number of hydrogen-bond acceptors (Lipinski definition) is 3. The largest absolute Gasteiger partial charge is 0.306 e. The molecule has 0 bridgehead atoms. The summed E-state index contributed by atoms with van der Waals surface area (Å²) in [5.74, 6) is -0.377. The van der Waals surface area contributed by atoms with Crippen molar-refractivity contribution in [3.8, 4) is 0 Å². The molecule has 0 spiro atoms. The summed E-state index contributed by atoms with van der Waals surface area (Å²) < 4.78 is 13.5. The summed E-state index contributed by atoms with van der Waals surface area (Å²) in [5, 5.41) is 10.6. The van der Waals surface area contributed by atoms with Crippen LogP contribution in [0.3, 0.4) is 0 Å². The van der Waals surface area contributed by atoms with Crippen molar-refractivity contribution in [1.82, 2.24) is 0 Å². The monoisotopic (exact) mass is 317 g/mol. The lowest BCUT2D eigenvalue weighted by Crippen LogP contribution is -1.91. The lowest BCUT2D eigenvalue weighted by Gasteiger charge is -2.05. The van der Waals surface area contributed by atoms with Gasteiger partial charge in [-0.05, 0) is 24.3 Å². The number of rotatable bonds is 3. The Morgan fingerprint density at radius 3 is 2.26 bits per heavy atom. The van der Waals surface area contributed by atoms with E-state index in [1.54, 1.807) is 18.2 Å². The third kappa shape index (κ3) is 3.18. The molecule has 2 aromatic carbocycles. The molecule has 0 saturated carbocycles. The van der Waals surface area contributed by atoms with Gasteiger partial charge in [-0.1, -0.05) is 47.1 Å². The van der Waals surface area contributed by atoms with Gasteiger partial charge in [-0.25, -0.2) is 4.39 Å². The van der Waals surface area contributed by atoms with E-state index in [2.05, 4.69) is 0 Å². The van der Waals surface area contributed by atoms with Gasteiger partial charge in [0.15, 0.2) is 0 Å². The molecule has 98 valence electrons. The van der Waals surface area contributed by atoms with E-state index in [1.165, 1.54) is 18.2 Å². The van der Waals surface area contributed by atoms with Crippen LogP contribution in [0.5, 0.6) is 0 Å². The molecule has 0 heterocycles. The summed E-state index contributed by atoms with van der Waals surface area (Å²) in [6.45, 7) is 0. The van der Waals surface area contributed by atoms with Crippen molar-refractivity contribution in [3.05, 3.63) is 62.4 Å². The zero-order valence-electron chi connectivity index (χ0n) is 9.27. The third-order valence-corrected chi connectivity index (χ3v) is 3.84. The Morgan fingerprint density at radius 1 is 1.16 bits per heavy atom. The van der Waals surface area contributed by atoms with Gasteiger partial charge >= 0.3 is 5.69 Å². The molecule has 0 radical (unpaired) electrons. The highest BCUT2D eigenvalue weighted by molar-refractivity contribution is 7.99. The third-order valence-electron chi connectivity index (χ3n) is 2.24. The highest BCUT2D eigenvalue weighted by Gasteiger charge is 2.19. The summed E-state index contributed by atoms with van der Waals surface area (Å²) in [6, 6.07) is 8.99. The minimum absolute atomic E-state index is 0.0728. The molecular formula is C12H6Cl2FNO2S. The second-order valence-corrected chi connectivity index (χ2v) is 5.45. The van der Waals surface area contributed by atoms with Crippen molar-refractivity contribution < 1.29 is 9.31 Å². The number of nitro benzene ring substituents is 1. The molecule has 19 heavy (non-hydrogen) atoms. The van der Waals surface area contributed by atoms with Gasteiger partial charge in [-0.15, -0.1) is 0 Å². The van der Waals surface area contributed by atoms with Crippen LogP contribution in [-0.2, 0) is 0 Å². The Balaban J connectivity index is 2.38. The van der Waals surface area contributed by atoms with E-state index in [-0.39, 0.29) is 21.5 Å². The number of benzene rings is 2. The van der Waals surface area contributed by atoms with Crippen molar-refractivity contribution in [2.45, 2.75) is 9.79 Å². The molecule has 0 aliphatic carbocycles. The van der Waals surface area contributed by atoms with E-state index in [9.17, 15) is 14.5 Å². The van der Waals surface area contributed by atoms with Crippen molar-refractivity contribution >= 4 is 40.7 Å². The van der Waals surface area contributed by atoms with Crippen LogP contribution >= 0.6 is 35.0 Å². The second-order valence-electron chi connectivity index (χ2n) is 3.53. The van der Waals surface area contributed by atoms with Gasteiger partial charge in [0.25, 0.3) is 0 Å². The first kappa shape index (κ1) is 14.1. The van der Waals surface area contributed by atoms with Gasteiger partial charge < -0.3 is 0 Å². The molecule has 0 aromatic heterocycles. The van der Waals surface area contributed by atoms with Crippen molar-refractivity contribution in [1.29, 1.82) is 0 Å². The van der Waals surface area contributed by atoms with Crippen LogP contribution in [-0.4, -0.2) is 4.92 Å². The maximum Gasteiger partial charge on any atom is 0.306 e. The van der Waals surface area contributed by atoms with E-state index < -0.39 is 4.92 Å². The van der Waals surface area contributed by atoms with Gasteiger partial charge in [-0.3, -0.25) is 10.1 Å². The molecule has 3 nitrogen and oxygen atoms in total.